The van der Waals surface area contributed by atoms with Gasteiger partial charge >= 0.3 is 6.18 Å². The van der Waals surface area contributed by atoms with Crippen molar-refractivity contribution in [3.05, 3.63) is 35.4 Å². The summed E-state index contributed by atoms with van der Waals surface area (Å²) in [6.07, 6.45) is -4.76. The molecule has 1 aromatic rings. The third-order valence-corrected chi connectivity index (χ3v) is 2.42. The number of rotatable bonds is 0. The van der Waals surface area contributed by atoms with Crippen LogP contribution in [0.25, 0.3) is 0 Å². The van der Waals surface area contributed by atoms with Gasteiger partial charge in [-0.25, -0.2) is 0 Å². The number of ketones is 1. The lowest BCUT2D eigenvalue weighted by atomic mass is 10.0. The molecule has 14 heavy (non-hydrogen) atoms. The van der Waals surface area contributed by atoms with Gasteiger partial charge in [-0.15, -0.1) is 0 Å². The van der Waals surface area contributed by atoms with E-state index in [0.29, 0.717) is 0 Å². The van der Waals surface area contributed by atoms with Crippen molar-refractivity contribution in [2.24, 2.45) is 0 Å². The lowest BCUT2D eigenvalue weighted by Gasteiger charge is -2.14. The van der Waals surface area contributed by atoms with Gasteiger partial charge in [-0.3, -0.25) is 4.79 Å². The Bertz CT molecular complexity index is 381. The van der Waals surface area contributed by atoms with Crippen molar-refractivity contribution in [1.29, 1.82) is 0 Å². The molecule has 0 N–H and O–H groups in total. The zero-order valence-corrected chi connectivity index (χ0v) is 7.14. The van der Waals surface area contributed by atoms with Gasteiger partial charge in [0.2, 0.25) is 0 Å². The molecular formula is C10H7F3O. The smallest absolute Gasteiger partial charge is 0.294 e. The van der Waals surface area contributed by atoms with E-state index in [1.54, 1.807) is 6.07 Å². The van der Waals surface area contributed by atoms with E-state index in [2.05, 4.69) is 0 Å². The van der Waals surface area contributed by atoms with E-state index in [0.717, 1.165) is 0 Å². The van der Waals surface area contributed by atoms with E-state index in [4.69, 9.17) is 0 Å². The fourth-order valence-corrected chi connectivity index (χ4v) is 1.75. The SMILES string of the molecule is O=C1C[C@H](C(F)(F)F)c2ccccc21. The average molecular weight is 200 g/mol. The first-order chi connectivity index (χ1) is 6.50. The number of carbonyl (C=O) groups excluding carboxylic acids is 1. The first kappa shape index (κ1) is 9.24. The summed E-state index contributed by atoms with van der Waals surface area (Å²) in [6.45, 7) is 0. The Labute approximate surface area is 78.5 Å². The normalized spacial score (nSPS) is 21.1. The third kappa shape index (κ3) is 1.31. The Hall–Kier alpha value is -1.32. The van der Waals surface area contributed by atoms with Gasteiger partial charge in [0.1, 0.15) is 0 Å². The number of carbonyl (C=O) groups is 1. The number of hydrogen-bond donors (Lipinski definition) is 0. The predicted octanol–water partition coefficient (Wildman–Crippen LogP) is 2.92. The van der Waals surface area contributed by atoms with Crippen LogP contribution in [0.4, 0.5) is 13.2 Å². The van der Waals surface area contributed by atoms with Crippen LogP contribution in [0.2, 0.25) is 0 Å². The highest BCUT2D eigenvalue weighted by Crippen LogP contribution is 2.43. The highest BCUT2D eigenvalue weighted by Gasteiger charge is 2.46. The van der Waals surface area contributed by atoms with Crippen LogP contribution in [0.15, 0.2) is 24.3 Å². The Morgan fingerprint density at radius 1 is 1.21 bits per heavy atom. The van der Waals surface area contributed by atoms with E-state index >= 15 is 0 Å². The van der Waals surface area contributed by atoms with Gasteiger partial charge in [-0.1, -0.05) is 24.3 Å². The Kier molecular flexibility index (Phi) is 1.87. The van der Waals surface area contributed by atoms with Gasteiger partial charge < -0.3 is 0 Å². The first-order valence-corrected chi connectivity index (χ1v) is 4.19. The fraction of sp³-hybridized carbons (Fsp3) is 0.300. The second-order valence-electron chi connectivity index (χ2n) is 3.31. The maximum absolute atomic E-state index is 12.5. The highest BCUT2D eigenvalue weighted by molar-refractivity contribution is 6.01. The van der Waals surface area contributed by atoms with E-state index < -0.39 is 24.3 Å². The van der Waals surface area contributed by atoms with Crippen LogP contribution in [-0.4, -0.2) is 12.0 Å². The number of fused-ring (bicyclic) bond motifs is 1. The molecule has 1 aromatic carbocycles. The number of benzene rings is 1. The van der Waals surface area contributed by atoms with Crippen molar-refractivity contribution in [1.82, 2.24) is 0 Å². The molecule has 0 amide bonds. The minimum Gasteiger partial charge on any atom is -0.294 e. The monoisotopic (exact) mass is 200 g/mol. The third-order valence-electron chi connectivity index (χ3n) is 2.42. The number of hydrogen-bond acceptors (Lipinski definition) is 1. The largest absolute Gasteiger partial charge is 0.396 e. The molecule has 0 aliphatic heterocycles. The molecule has 0 bridgehead atoms. The minimum absolute atomic E-state index is 0.116. The van der Waals surface area contributed by atoms with Crippen molar-refractivity contribution in [2.45, 2.75) is 18.5 Å². The molecule has 74 valence electrons. The van der Waals surface area contributed by atoms with E-state index in [9.17, 15) is 18.0 Å². The Balaban J connectivity index is 2.50. The molecule has 0 unspecified atom stereocenters. The van der Waals surface area contributed by atoms with Crippen molar-refractivity contribution in [3.63, 3.8) is 0 Å². The molecule has 4 heteroatoms. The van der Waals surface area contributed by atoms with E-state index in [-0.39, 0.29) is 11.1 Å². The van der Waals surface area contributed by atoms with Crippen molar-refractivity contribution in [2.75, 3.05) is 0 Å². The van der Waals surface area contributed by atoms with Gasteiger partial charge in [-0.2, -0.15) is 13.2 Å². The zero-order valence-electron chi connectivity index (χ0n) is 7.14. The van der Waals surface area contributed by atoms with E-state index in [1.165, 1.54) is 18.2 Å². The second-order valence-corrected chi connectivity index (χ2v) is 3.31. The lowest BCUT2D eigenvalue weighted by Crippen LogP contribution is -2.18. The van der Waals surface area contributed by atoms with Gasteiger partial charge in [0.15, 0.2) is 5.78 Å². The molecule has 2 rings (SSSR count). The Morgan fingerprint density at radius 2 is 1.86 bits per heavy atom. The molecule has 1 nitrogen and oxygen atoms in total. The topological polar surface area (TPSA) is 17.1 Å². The van der Waals surface area contributed by atoms with E-state index in [1.807, 2.05) is 0 Å². The van der Waals surface area contributed by atoms with Crippen molar-refractivity contribution in [3.8, 4) is 0 Å². The maximum Gasteiger partial charge on any atom is 0.396 e. The lowest BCUT2D eigenvalue weighted by molar-refractivity contribution is -0.148. The molecule has 1 aliphatic rings. The molecule has 0 saturated heterocycles. The maximum atomic E-state index is 12.5. The average Bonchev–Trinajstić information content (AvgIpc) is 2.44. The van der Waals surface area contributed by atoms with Gasteiger partial charge in [-0.05, 0) is 5.56 Å². The number of alkyl halides is 3. The standard InChI is InChI=1S/C10H7F3O/c11-10(12,13)8-5-9(14)7-4-2-1-3-6(7)8/h1-4,8H,5H2/t8-/m0/s1. The minimum atomic E-state index is -4.32. The number of Topliss-reactive ketones (excluding diaryl/α,β-unsaturated/α-hetero) is 1. The van der Waals surface area contributed by atoms with Gasteiger partial charge in [0.05, 0.1) is 5.92 Å². The second kappa shape index (κ2) is 2.83. The summed E-state index contributed by atoms with van der Waals surface area (Å²) in [6, 6.07) is 5.92. The fourth-order valence-electron chi connectivity index (χ4n) is 1.75. The number of halogens is 3. The van der Waals surface area contributed by atoms with Crippen LogP contribution in [-0.2, 0) is 0 Å². The summed E-state index contributed by atoms with van der Waals surface area (Å²) in [5.41, 5.74) is 0.333. The summed E-state index contributed by atoms with van der Waals surface area (Å²) in [4.78, 5) is 11.2. The summed E-state index contributed by atoms with van der Waals surface area (Å²) in [5, 5.41) is 0. The van der Waals surface area contributed by atoms with Gasteiger partial charge in [0, 0.05) is 12.0 Å². The molecule has 1 atom stereocenters. The molecular weight excluding hydrogens is 193 g/mol. The first-order valence-electron chi connectivity index (χ1n) is 4.19. The summed E-state index contributed by atoms with van der Waals surface area (Å²) in [5.74, 6) is -2.02. The van der Waals surface area contributed by atoms with Crippen molar-refractivity contribution < 1.29 is 18.0 Å². The molecule has 0 radical (unpaired) electrons. The quantitative estimate of drug-likeness (QED) is 0.629. The summed E-state index contributed by atoms with van der Waals surface area (Å²) in [7, 11) is 0. The van der Waals surface area contributed by atoms with Crippen LogP contribution >= 0.6 is 0 Å². The predicted molar refractivity (Wildman–Crippen MR) is 44.2 cm³/mol. The van der Waals surface area contributed by atoms with Crippen LogP contribution in [0, 0.1) is 0 Å². The summed E-state index contributed by atoms with van der Waals surface area (Å²) < 4.78 is 37.4. The molecule has 1 aliphatic carbocycles. The van der Waals surface area contributed by atoms with Crippen LogP contribution in [0.5, 0.6) is 0 Å². The molecule has 0 heterocycles. The van der Waals surface area contributed by atoms with Crippen LogP contribution < -0.4 is 0 Å². The molecule has 0 fully saturated rings. The molecule has 0 spiro atoms. The molecule has 0 aromatic heterocycles. The molecule has 0 saturated carbocycles. The van der Waals surface area contributed by atoms with Crippen LogP contribution in [0.1, 0.15) is 28.3 Å². The van der Waals surface area contributed by atoms with Crippen LogP contribution in [0.3, 0.4) is 0 Å². The Morgan fingerprint density at radius 3 is 2.50 bits per heavy atom. The zero-order chi connectivity index (χ0) is 10.3. The summed E-state index contributed by atoms with van der Waals surface area (Å²) >= 11 is 0. The van der Waals surface area contributed by atoms with Crippen molar-refractivity contribution >= 4 is 5.78 Å². The van der Waals surface area contributed by atoms with Gasteiger partial charge in [0.25, 0.3) is 0 Å². The highest BCUT2D eigenvalue weighted by atomic mass is 19.4.